The Kier molecular flexibility index (Phi) is 5.64. The molecule has 0 unspecified atom stereocenters. The number of Topliss-reactive ketones (excluding diaryl/α,β-unsaturated/α-hetero) is 1. The number of hydrogen-bond acceptors (Lipinski definition) is 8. The summed E-state index contributed by atoms with van der Waals surface area (Å²) in [5.74, 6) is -2.18. The minimum atomic E-state index is -2.12. The first-order chi connectivity index (χ1) is 14.6. The molecule has 1 aliphatic carbocycles. The minimum Gasteiger partial charge on any atom is -0.468 e. The van der Waals surface area contributed by atoms with Gasteiger partial charge in [0, 0.05) is 5.54 Å². The first-order valence-electron chi connectivity index (χ1n) is 9.97. The van der Waals surface area contributed by atoms with E-state index in [-0.39, 0.29) is 46.9 Å². The maximum absolute atomic E-state index is 13.6. The van der Waals surface area contributed by atoms with Crippen molar-refractivity contribution in [3.63, 3.8) is 0 Å². The van der Waals surface area contributed by atoms with Crippen molar-refractivity contribution < 1.29 is 28.6 Å². The van der Waals surface area contributed by atoms with Crippen LogP contribution in [0.25, 0.3) is 0 Å². The van der Waals surface area contributed by atoms with Gasteiger partial charge in [-0.05, 0) is 46.8 Å². The van der Waals surface area contributed by atoms with Crippen molar-refractivity contribution >= 4 is 17.7 Å². The number of ketones is 1. The number of ether oxygens (including phenoxy) is 3. The second kappa shape index (κ2) is 7.91. The number of benzene rings is 1. The Hall–Kier alpha value is -3.60. The highest BCUT2D eigenvalue weighted by atomic mass is 16.5. The number of esters is 2. The zero-order valence-electron chi connectivity index (χ0n) is 18.1. The van der Waals surface area contributed by atoms with Gasteiger partial charge < -0.3 is 19.5 Å². The third-order valence-corrected chi connectivity index (χ3v) is 4.74. The van der Waals surface area contributed by atoms with Crippen molar-refractivity contribution in [2.45, 2.75) is 45.8 Å². The number of nitriles is 1. The van der Waals surface area contributed by atoms with Crippen molar-refractivity contribution in [3.8, 4) is 11.8 Å². The second-order valence-corrected chi connectivity index (χ2v) is 8.04. The SMILES string of the molecule is CCOC(=O)C1=C(C(=O)OCC)[C@]2(Oc3ccccc3C2=O)C(C#N)=C1NC(C)(C)C. The molecule has 2 aliphatic rings. The van der Waals surface area contributed by atoms with Gasteiger partial charge in [0.15, 0.2) is 0 Å². The highest BCUT2D eigenvalue weighted by Crippen LogP contribution is 2.50. The lowest BCUT2D eigenvalue weighted by atomic mass is 9.84. The van der Waals surface area contributed by atoms with E-state index < -0.39 is 28.9 Å². The van der Waals surface area contributed by atoms with Crippen LogP contribution in [-0.2, 0) is 19.1 Å². The summed E-state index contributed by atoms with van der Waals surface area (Å²) < 4.78 is 16.4. The molecule has 162 valence electrons. The molecular weight excluding hydrogens is 400 g/mol. The lowest BCUT2D eigenvalue weighted by molar-refractivity contribution is -0.142. The van der Waals surface area contributed by atoms with Gasteiger partial charge in [0.25, 0.3) is 0 Å². The summed E-state index contributed by atoms with van der Waals surface area (Å²) in [6.45, 7) is 8.70. The van der Waals surface area contributed by atoms with Crippen LogP contribution in [0, 0.1) is 11.3 Å². The number of carbonyl (C=O) groups excluding carboxylic acids is 3. The zero-order valence-corrected chi connectivity index (χ0v) is 18.1. The van der Waals surface area contributed by atoms with Crippen LogP contribution in [0.3, 0.4) is 0 Å². The highest BCUT2D eigenvalue weighted by molar-refractivity contribution is 6.22. The summed E-state index contributed by atoms with van der Waals surface area (Å²) >= 11 is 0. The molecule has 1 spiro atoms. The van der Waals surface area contributed by atoms with Crippen LogP contribution in [0.15, 0.2) is 46.7 Å². The van der Waals surface area contributed by atoms with E-state index in [9.17, 15) is 19.6 Å². The number of hydrogen-bond donors (Lipinski definition) is 1. The van der Waals surface area contributed by atoms with Gasteiger partial charge in [-0.3, -0.25) is 4.79 Å². The normalized spacial score (nSPS) is 19.8. The maximum Gasteiger partial charge on any atom is 0.341 e. The quantitative estimate of drug-likeness (QED) is 0.718. The van der Waals surface area contributed by atoms with E-state index in [0.29, 0.717) is 0 Å². The molecular formula is C23H24N2O6. The van der Waals surface area contributed by atoms with Crippen molar-refractivity contribution in [1.82, 2.24) is 5.32 Å². The average molecular weight is 424 g/mol. The molecule has 1 atom stereocenters. The fourth-order valence-electron chi connectivity index (χ4n) is 3.69. The molecule has 1 N–H and O–H groups in total. The van der Waals surface area contributed by atoms with E-state index in [1.807, 2.05) is 26.8 Å². The number of carbonyl (C=O) groups is 3. The van der Waals surface area contributed by atoms with E-state index in [1.54, 1.807) is 38.1 Å². The zero-order chi connectivity index (χ0) is 23.0. The standard InChI is InChI=1S/C23H24N2O6/c1-6-29-20(27)16-17(21(28)30-7-2)23(14(12-24)18(16)25-22(3,4)5)19(26)13-10-8-9-11-15(13)31-23/h8-11,25H,6-7H2,1-5H3/t23-/m1/s1. The Bertz CT molecular complexity index is 1070. The smallest absolute Gasteiger partial charge is 0.341 e. The van der Waals surface area contributed by atoms with Crippen LogP contribution >= 0.6 is 0 Å². The molecule has 0 amide bonds. The molecule has 0 saturated heterocycles. The number of nitrogens with one attached hydrogen (secondary N) is 1. The molecule has 0 bridgehead atoms. The number of nitrogens with zero attached hydrogens (tertiary/aromatic N) is 1. The summed E-state index contributed by atoms with van der Waals surface area (Å²) in [7, 11) is 0. The van der Waals surface area contributed by atoms with Gasteiger partial charge in [0.2, 0.25) is 11.4 Å². The predicted octanol–water partition coefficient (Wildman–Crippen LogP) is 2.60. The summed E-state index contributed by atoms with van der Waals surface area (Å²) in [5, 5.41) is 13.2. The molecule has 31 heavy (non-hydrogen) atoms. The first-order valence-corrected chi connectivity index (χ1v) is 9.97. The Morgan fingerprint density at radius 2 is 1.74 bits per heavy atom. The van der Waals surface area contributed by atoms with Gasteiger partial charge in [-0.1, -0.05) is 12.1 Å². The summed E-state index contributed by atoms with van der Waals surface area (Å²) in [5.41, 5.74) is -3.27. The van der Waals surface area contributed by atoms with E-state index in [4.69, 9.17) is 14.2 Å². The lowest BCUT2D eigenvalue weighted by Crippen LogP contribution is -2.46. The number of fused-ring (bicyclic) bond motifs is 1. The van der Waals surface area contributed by atoms with Crippen LogP contribution in [0.4, 0.5) is 0 Å². The van der Waals surface area contributed by atoms with Crippen LogP contribution in [0.1, 0.15) is 45.0 Å². The third kappa shape index (κ3) is 3.46. The lowest BCUT2D eigenvalue weighted by Gasteiger charge is -2.26. The Labute approximate surface area is 180 Å². The number of rotatable bonds is 5. The van der Waals surface area contributed by atoms with Crippen LogP contribution < -0.4 is 10.1 Å². The monoisotopic (exact) mass is 424 g/mol. The predicted molar refractivity (Wildman–Crippen MR) is 110 cm³/mol. The number of para-hydroxylation sites is 1. The summed E-state index contributed by atoms with van der Waals surface area (Å²) in [6.07, 6.45) is 0. The van der Waals surface area contributed by atoms with E-state index >= 15 is 0 Å². The summed E-state index contributed by atoms with van der Waals surface area (Å²) in [6, 6.07) is 8.44. The highest BCUT2D eigenvalue weighted by Gasteiger charge is 2.63. The van der Waals surface area contributed by atoms with E-state index in [0.717, 1.165) is 0 Å². The summed E-state index contributed by atoms with van der Waals surface area (Å²) in [4.78, 5) is 39.7. The van der Waals surface area contributed by atoms with Gasteiger partial charge in [-0.15, -0.1) is 0 Å². The molecule has 1 aliphatic heterocycles. The molecule has 1 aromatic carbocycles. The molecule has 8 heteroatoms. The fourth-order valence-corrected chi connectivity index (χ4v) is 3.69. The Morgan fingerprint density at radius 1 is 1.13 bits per heavy atom. The Morgan fingerprint density at radius 3 is 2.29 bits per heavy atom. The van der Waals surface area contributed by atoms with E-state index in [1.165, 1.54) is 0 Å². The van der Waals surface area contributed by atoms with Gasteiger partial charge in [0.1, 0.15) is 23.0 Å². The van der Waals surface area contributed by atoms with E-state index in [2.05, 4.69) is 5.32 Å². The molecule has 0 aromatic heterocycles. The topological polar surface area (TPSA) is 115 Å². The van der Waals surface area contributed by atoms with Crippen LogP contribution in [-0.4, -0.2) is 42.1 Å². The Balaban J connectivity index is 2.39. The van der Waals surface area contributed by atoms with Crippen molar-refractivity contribution in [2.75, 3.05) is 13.2 Å². The molecule has 1 aromatic rings. The van der Waals surface area contributed by atoms with Gasteiger partial charge >= 0.3 is 11.9 Å². The average Bonchev–Trinajstić information content (AvgIpc) is 3.13. The molecule has 0 saturated carbocycles. The van der Waals surface area contributed by atoms with Crippen LogP contribution in [0.2, 0.25) is 0 Å². The largest absolute Gasteiger partial charge is 0.468 e. The molecule has 1 heterocycles. The van der Waals surface area contributed by atoms with Crippen molar-refractivity contribution in [2.24, 2.45) is 0 Å². The van der Waals surface area contributed by atoms with Gasteiger partial charge in [-0.2, -0.15) is 5.26 Å². The maximum atomic E-state index is 13.6. The van der Waals surface area contributed by atoms with Crippen molar-refractivity contribution in [3.05, 3.63) is 52.2 Å². The fraction of sp³-hybridized carbons (Fsp3) is 0.391. The first kappa shape index (κ1) is 22.1. The van der Waals surface area contributed by atoms with Crippen LogP contribution in [0.5, 0.6) is 5.75 Å². The second-order valence-electron chi connectivity index (χ2n) is 8.04. The molecule has 0 fully saturated rings. The van der Waals surface area contributed by atoms with Gasteiger partial charge in [-0.25, -0.2) is 9.59 Å². The third-order valence-electron chi connectivity index (χ3n) is 4.74. The van der Waals surface area contributed by atoms with Crippen molar-refractivity contribution in [1.29, 1.82) is 5.26 Å². The molecule has 3 rings (SSSR count). The molecule has 0 radical (unpaired) electrons. The van der Waals surface area contributed by atoms with Gasteiger partial charge in [0.05, 0.1) is 30.0 Å². The minimum absolute atomic E-state index is 0.000419. The molecule has 8 nitrogen and oxygen atoms in total.